The maximum Gasteiger partial charge on any atom is 0.0636 e. The van der Waals surface area contributed by atoms with E-state index in [4.69, 9.17) is 0 Å². The number of nitrogens with zero attached hydrogens (tertiary/aromatic N) is 2. The molecule has 0 saturated carbocycles. The van der Waals surface area contributed by atoms with Crippen LogP contribution in [0.15, 0.2) is 72.0 Å². The number of hydrogen-bond acceptors (Lipinski definition) is 2. The second-order valence-corrected chi connectivity index (χ2v) is 4.08. The Bertz CT molecular complexity index is 688. The third-order valence-electron chi connectivity index (χ3n) is 2.78. The molecule has 3 aromatic rings. The molecule has 18 heavy (non-hydrogen) atoms. The molecule has 3 rings (SSSR count). The monoisotopic (exact) mass is 232 g/mol. The zero-order valence-corrected chi connectivity index (χ0v) is 9.82. The number of aliphatic imine (C=N–C) groups is 1. The van der Waals surface area contributed by atoms with E-state index in [2.05, 4.69) is 34.2 Å². The molecule has 0 saturated heterocycles. The van der Waals surface area contributed by atoms with E-state index in [1.165, 1.54) is 10.8 Å². The van der Waals surface area contributed by atoms with Gasteiger partial charge in [-0.1, -0.05) is 36.4 Å². The van der Waals surface area contributed by atoms with Gasteiger partial charge in [0, 0.05) is 24.2 Å². The Morgan fingerprint density at radius 3 is 2.61 bits per heavy atom. The molecule has 1 aromatic heterocycles. The Labute approximate surface area is 106 Å². The number of benzene rings is 2. The SMILES string of the molecule is C(=Nc1ccc2ccccc2c1)c1cccnc1. The first-order valence-electron chi connectivity index (χ1n) is 5.85. The van der Waals surface area contributed by atoms with Gasteiger partial charge in [-0.05, 0) is 29.0 Å². The minimum atomic E-state index is 0.956. The van der Waals surface area contributed by atoms with Crippen LogP contribution in [0.1, 0.15) is 5.56 Å². The molecule has 0 bridgehead atoms. The average Bonchev–Trinajstić information content (AvgIpc) is 2.46. The summed E-state index contributed by atoms with van der Waals surface area (Å²) in [4.78, 5) is 8.52. The van der Waals surface area contributed by atoms with Gasteiger partial charge in [0.05, 0.1) is 5.69 Å². The van der Waals surface area contributed by atoms with Gasteiger partial charge in [-0.2, -0.15) is 0 Å². The molecule has 0 amide bonds. The highest BCUT2D eigenvalue weighted by molar-refractivity contribution is 5.87. The third-order valence-corrected chi connectivity index (χ3v) is 2.78. The van der Waals surface area contributed by atoms with Crippen molar-refractivity contribution in [3.05, 3.63) is 72.6 Å². The molecule has 2 aromatic carbocycles. The second-order valence-electron chi connectivity index (χ2n) is 4.08. The standard InChI is InChI=1S/C16H12N2/c1-2-6-15-10-16(8-7-14(15)5-1)18-12-13-4-3-9-17-11-13/h1-12H. The first kappa shape index (κ1) is 10.7. The van der Waals surface area contributed by atoms with E-state index in [1.807, 2.05) is 36.5 Å². The Morgan fingerprint density at radius 1 is 0.889 bits per heavy atom. The highest BCUT2D eigenvalue weighted by Gasteiger charge is 1.93. The Hall–Kier alpha value is -2.48. The molecule has 0 radical (unpaired) electrons. The first-order chi connectivity index (χ1) is 8.92. The van der Waals surface area contributed by atoms with Gasteiger partial charge < -0.3 is 0 Å². The van der Waals surface area contributed by atoms with Crippen LogP contribution in [0.5, 0.6) is 0 Å². The normalized spacial score (nSPS) is 11.1. The maximum absolute atomic E-state index is 4.46. The summed E-state index contributed by atoms with van der Waals surface area (Å²) in [6.07, 6.45) is 5.38. The molecule has 0 aliphatic carbocycles. The lowest BCUT2D eigenvalue weighted by Gasteiger charge is -1.98. The molecule has 0 atom stereocenters. The summed E-state index contributed by atoms with van der Waals surface area (Å²) in [6, 6.07) is 18.4. The summed E-state index contributed by atoms with van der Waals surface area (Å²) in [5.41, 5.74) is 1.96. The van der Waals surface area contributed by atoms with Crippen molar-refractivity contribution in [2.24, 2.45) is 4.99 Å². The fourth-order valence-corrected chi connectivity index (χ4v) is 1.86. The van der Waals surface area contributed by atoms with Crippen LogP contribution in [0.25, 0.3) is 10.8 Å². The van der Waals surface area contributed by atoms with Crippen LogP contribution in [0.4, 0.5) is 5.69 Å². The number of fused-ring (bicyclic) bond motifs is 1. The van der Waals surface area contributed by atoms with Crippen molar-refractivity contribution in [1.29, 1.82) is 0 Å². The van der Waals surface area contributed by atoms with Crippen molar-refractivity contribution in [3.63, 3.8) is 0 Å². The van der Waals surface area contributed by atoms with Gasteiger partial charge in [-0.15, -0.1) is 0 Å². The molecule has 0 fully saturated rings. The van der Waals surface area contributed by atoms with Gasteiger partial charge in [0.1, 0.15) is 0 Å². The van der Waals surface area contributed by atoms with Crippen molar-refractivity contribution >= 4 is 22.7 Å². The predicted molar refractivity (Wildman–Crippen MR) is 75.4 cm³/mol. The molecule has 0 aliphatic rings. The zero-order valence-electron chi connectivity index (χ0n) is 9.82. The van der Waals surface area contributed by atoms with Crippen LogP contribution in [-0.4, -0.2) is 11.2 Å². The van der Waals surface area contributed by atoms with Gasteiger partial charge in [-0.3, -0.25) is 9.98 Å². The summed E-state index contributed by atoms with van der Waals surface area (Å²) < 4.78 is 0. The van der Waals surface area contributed by atoms with Crippen LogP contribution < -0.4 is 0 Å². The Kier molecular flexibility index (Phi) is 2.84. The van der Waals surface area contributed by atoms with E-state index in [9.17, 15) is 0 Å². The van der Waals surface area contributed by atoms with E-state index in [-0.39, 0.29) is 0 Å². The van der Waals surface area contributed by atoms with Crippen LogP contribution in [-0.2, 0) is 0 Å². The molecule has 0 spiro atoms. The van der Waals surface area contributed by atoms with E-state index >= 15 is 0 Å². The van der Waals surface area contributed by atoms with Gasteiger partial charge in [0.25, 0.3) is 0 Å². The fourth-order valence-electron chi connectivity index (χ4n) is 1.86. The molecule has 86 valence electrons. The molecular formula is C16H12N2. The average molecular weight is 232 g/mol. The van der Waals surface area contributed by atoms with Gasteiger partial charge in [0.2, 0.25) is 0 Å². The Balaban J connectivity index is 1.93. The van der Waals surface area contributed by atoms with Crippen LogP contribution >= 0.6 is 0 Å². The van der Waals surface area contributed by atoms with Crippen LogP contribution in [0, 0.1) is 0 Å². The zero-order chi connectivity index (χ0) is 12.2. The van der Waals surface area contributed by atoms with E-state index in [0.717, 1.165) is 11.3 Å². The number of aromatic nitrogens is 1. The van der Waals surface area contributed by atoms with E-state index in [0.29, 0.717) is 0 Å². The smallest absolute Gasteiger partial charge is 0.0636 e. The van der Waals surface area contributed by atoms with Crippen molar-refractivity contribution in [2.45, 2.75) is 0 Å². The van der Waals surface area contributed by atoms with Crippen molar-refractivity contribution in [2.75, 3.05) is 0 Å². The molecule has 0 unspecified atom stereocenters. The van der Waals surface area contributed by atoms with Crippen LogP contribution in [0.3, 0.4) is 0 Å². The van der Waals surface area contributed by atoms with E-state index < -0.39 is 0 Å². The maximum atomic E-state index is 4.46. The first-order valence-corrected chi connectivity index (χ1v) is 5.85. The molecule has 0 aliphatic heterocycles. The summed E-state index contributed by atoms with van der Waals surface area (Å²) in [6.45, 7) is 0. The Morgan fingerprint density at radius 2 is 1.78 bits per heavy atom. The minimum Gasteiger partial charge on any atom is -0.264 e. The highest BCUT2D eigenvalue weighted by Crippen LogP contribution is 2.20. The molecule has 1 heterocycles. The van der Waals surface area contributed by atoms with Gasteiger partial charge in [0.15, 0.2) is 0 Å². The van der Waals surface area contributed by atoms with Crippen LogP contribution in [0.2, 0.25) is 0 Å². The summed E-state index contributed by atoms with van der Waals surface area (Å²) in [5, 5.41) is 2.44. The summed E-state index contributed by atoms with van der Waals surface area (Å²) in [5.74, 6) is 0. The second kappa shape index (κ2) is 4.80. The molecular weight excluding hydrogens is 220 g/mol. The predicted octanol–water partition coefficient (Wildman–Crippen LogP) is 3.99. The lowest BCUT2D eigenvalue weighted by Crippen LogP contribution is -1.80. The third kappa shape index (κ3) is 2.28. The quantitative estimate of drug-likeness (QED) is 0.613. The summed E-state index contributed by atoms with van der Waals surface area (Å²) in [7, 11) is 0. The summed E-state index contributed by atoms with van der Waals surface area (Å²) >= 11 is 0. The van der Waals surface area contributed by atoms with Crippen molar-refractivity contribution in [1.82, 2.24) is 4.98 Å². The van der Waals surface area contributed by atoms with Crippen molar-refractivity contribution in [3.8, 4) is 0 Å². The minimum absolute atomic E-state index is 0.956. The van der Waals surface area contributed by atoms with Gasteiger partial charge >= 0.3 is 0 Å². The topological polar surface area (TPSA) is 25.2 Å². The molecule has 0 N–H and O–H groups in total. The van der Waals surface area contributed by atoms with Crippen molar-refractivity contribution < 1.29 is 0 Å². The molecule has 2 nitrogen and oxygen atoms in total. The highest BCUT2D eigenvalue weighted by atomic mass is 14.7. The number of hydrogen-bond donors (Lipinski definition) is 0. The largest absolute Gasteiger partial charge is 0.264 e. The van der Waals surface area contributed by atoms with E-state index in [1.54, 1.807) is 12.4 Å². The van der Waals surface area contributed by atoms with Gasteiger partial charge in [-0.25, -0.2) is 0 Å². The molecule has 2 heteroatoms. The number of rotatable bonds is 2. The fraction of sp³-hybridized carbons (Fsp3) is 0. The number of pyridine rings is 1. The lowest BCUT2D eigenvalue weighted by molar-refractivity contribution is 1.32. The lowest BCUT2D eigenvalue weighted by atomic mass is 10.1.